The SMILES string of the molecule is CCCc1cc(Br)ccc1N1CC[C@H](Oc2ncccc2Cl)C1. The fraction of sp³-hybridized carbons (Fsp3) is 0.389. The van der Waals surface area contributed by atoms with Gasteiger partial charge < -0.3 is 9.64 Å². The van der Waals surface area contributed by atoms with Crippen molar-refractivity contribution >= 4 is 33.2 Å². The Hall–Kier alpha value is -1.26. The van der Waals surface area contributed by atoms with Crippen molar-refractivity contribution < 1.29 is 4.74 Å². The molecule has 1 fully saturated rings. The molecule has 0 aliphatic carbocycles. The molecule has 0 spiro atoms. The fourth-order valence-electron chi connectivity index (χ4n) is 2.99. The molecule has 3 nitrogen and oxygen atoms in total. The summed E-state index contributed by atoms with van der Waals surface area (Å²) in [5.74, 6) is 0.533. The van der Waals surface area contributed by atoms with Gasteiger partial charge in [0.2, 0.25) is 5.88 Å². The summed E-state index contributed by atoms with van der Waals surface area (Å²) in [7, 11) is 0. The first-order valence-corrected chi connectivity index (χ1v) is 9.15. The summed E-state index contributed by atoms with van der Waals surface area (Å²) in [6.07, 6.45) is 5.04. The number of halogens is 2. The van der Waals surface area contributed by atoms with Gasteiger partial charge in [0.05, 0.1) is 6.54 Å². The second kappa shape index (κ2) is 7.54. The summed E-state index contributed by atoms with van der Waals surface area (Å²) in [5, 5.41) is 0.571. The van der Waals surface area contributed by atoms with Crippen molar-refractivity contribution in [2.45, 2.75) is 32.3 Å². The third kappa shape index (κ3) is 3.99. The number of benzene rings is 1. The summed E-state index contributed by atoms with van der Waals surface area (Å²) in [5.41, 5.74) is 2.70. The fourth-order valence-corrected chi connectivity index (χ4v) is 3.57. The number of hydrogen-bond donors (Lipinski definition) is 0. The summed E-state index contributed by atoms with van der Waals surface area (Å²) in [6, 6.07) is 10.2. The van der Waals surface area contributed by atoms with Crippen molar-refractivity contribution in [2.75, 3.05) is 18.0 Å². The van der Waals surface area contributed by atoms with E-state index in [0.717, 1.165) is 36.8 Å². The molecule has 1 aliphatic rings. The quantitative estimate of drug-likeness (QED) is 0.703. The number of hydrogen-bond acceptors (Lipinski definition) is 3. The van der Waals surface area contributed by atoms with Crippen LogP contribution < -0.4 is 9.64 Å². The summed E-state index contributed by atoms with van der Waals surface area (Å²) < 4.78 is 7.12. The first-order valence-electron chi connectivity index (χ1n) is 7.98. The number of ether oxygens (including phenoxy) is 1. The molecule has 2 heterocycles. The van der Waals surface area contributed by atoms with Crippen LogP contribution in [0.5, 0.6) is 5.88 Å². The van der Waals surface area contributed by atoms with E-state index in [1.807, 2.05) is 12.1 Å². The average Bonchev–Trinajstić information content (AvgIpc) is 2.98. The van der Waals surface area contributed by atoms with Crippen molar-refractivity contribution in [3.05, 3.63) is 51.6 Å². The predicted molar refractivity (Wildman–Crippen MR) is 98.6 cm³/mol. The smallest absolute Gasteiger partial charge is 0.232 e. The van der Waals surface area contributed by atoms with Gasteiger partial charge in [0.15, 0.2) is 0 Å². The Bertz CT molecular complexity index is 680. The zero-order valence-electron chi connectivity index (χ0n) is 13.1. The van der Waals surface area contributed by atoms with Crippen LogP contribution in [0, 0.1) is 0 Å². The second-order valence-electron chi connectivity index (χ2n) is 5.79. The summed E-state index contributed by atoms with van der Waals surface area (Å²) in [4.78, 5) is 6.62. The van der Waals surface area contributed by atoms with E-state index in [-0.39, 0.29) is 6.10 Å². The van der Waals surface area contributed by atoms with E-state index in [1.54, 1.807) is 6.20 Å². The topological polar surface area (TPSA) is 25.4 Å². The molecule has 0 N–H and O–H groups in total. The van der Waals surface area contributed by atoms with Crippen molar-refractivity contribution in [1.82, 2.24) is 4.98 Å². The average molecular weight is 396 g/mol. The molecule has 3 rings (SSSR count). The number of pyridine rings is 1. The van der Waals surface area contributed by atoms with Gasteiger partial charge in [0.25, 0.3) is 0 Å². The van der Waals surface area contributed by atoms with Crippen LogP contribution in [0.1, 0.15) is 25.3 Å². The summed E-state index contributed by atoms with van der Waals surface area (Å²) in [6.45, 7) is 4.07. The van der Waals surface area contributed by atoms with Gasteiger partial charge in [-0.3, -0.25) is 0 Å². The molecule has 0 amide bonds. The van der Waals surface area contributed by atoms with E-state index < -0.39 is 0 Å². The highest BCUT2D eigenvalue weighted by Gasteiger charge is 2.26. The van der Waals surface area contributed by atoms with Crippen molar-refractivity contribution in [2.24, 2.45) is 0 Å². The van der Waals surface area contributed by atoms with Crippen molar-refractivity contribution in [1.29, 1.82) is 0 Å². The zero-order chi connectivity index (χ0) is 16.2. The maximum absolute atomic E-state index is 6.13. The van der Waals surface area contributed by atoms with Crippen LogP contribution >= 0.6 is 27.5 Å². The first-order chi connectivity index (χ1) is 11.2. The molecule has 23 heavy (non-hydrogen) atoms. The van der Waals surface area contributed by atoms with E-state index >= 15 is 0 Å². The minimum atomic E-state index is 0.125. The third-order valence-corrected chi connectivity index (χ3v) is 4.83. The number of rotatable bonds is 5. The monoisotopic (exact) mass is 394 g/mol. The van der Waals surface area contributed by atoms with Crippen molar-refractivity contribution in [3.63, 3.8) is 0 Å². The molecular weight excluding hydrogens is 376 g/mol. The van der Waals surface area contributed by atoms with Gasteiger partial charge >= 0.3 is 0 Å². The molecule has 1 saturated heterocycles. The Morgan fingerprint density at radius 3 is 3.04 bits per heavy atom. The molecule has 1 aromatic heterocycles. The van der Waals surface area contributed by atoms with E-state index in [0.29, 0.717) is 10.9 Å². The van der Waals surface area contributed by atoms with Gasteiger partial charge in [-0.15, -0.1) is 0 Å². The van der Waals surface area contributed by atoms with Gasteiger partial charge in [-0.2, -0.15) is 0 Å². The Kier molecular flexibility index (Phi) is 5.44. The molecular formula is C18H20BrClN2O. The standard InChI is InChI=1S/C18H20BrClN2O/c1-2-4-13-11-14(19)6-7-17(13)22-10-8-15(12-22)23-18-16(20)5-3-9-21-18/h3,5-7,9,11,15H,2,4,8,10,12H2,1H3/t15-/m0/s1. The lowest BCUT2D eigenvalue weighted by molar-refractivity contribution is 0.216. The highest BCUT2D eigenvalue weighted by Crippen LogP contribution is 2.30. The lowest BCUT2D eigenvalue weighted by atomic mass is 10.1. The van der Waals surface area contributed by atoms with Crippen LogP contribution in [0.15, 0.2) is 41.0 Å². The number of nitrogens with zero attached hydrogens (tertiary/aromatic N) is 2. The van der Waals surface area contributed by atoms with Gasteiger partial charge in [-0.05, 0) is 42.3 Å². The molecule has 0 bridgehead atoms. The van der Waals surface area contributed by atoms with E-state index in [9.17, 15) is 0 Å². The lowest BCUT2D eigenvalue weighted by Gasteiger charge is -2.22. The van der Waals surface area contributed by atoms with Crippen molar-refractivity contribution in [3.8, 4) is 5.88 Å². The van der Waals surface area contributed by atoms with E-state index in [4.69, 9.17) is 16.3 Å². The highest BCUT2D eigenvalue weighted by molar-refractivity contribution is 9.10. The molecule has 2 aromatic rings. The number of aromatic nitrogens is 1. The molecule has 1 aromatic carbocycles. The minimum absolute atomic E-state index is 0.125. The first kappa shape index (κ1) is 16.6. The Labute approximate surface area is 150 Å². The molecule has 1 aliphatic heterocycles. The van der Waals surface area contributed by atoms with Crippen LogP contribution in [0.3, 0.4) is 0 Å². The van der Waals surface area contributed by atoms with Crippen LogP contribution in [-0.4, -0.2) is 24.2 Å². The second-order valence-corrected chi connectivity index (χ2v) is 7.11. The Morgan fingerprint density at radius 1 is 1.39 bits per heavy atom. The molecule has 0 radical (unpaired) electrons. The van der Waals surface area contributed by atoms with E-state index in [2.05, 4.69) is 50.9 Å². The van der Waals surface area contributed by atoms with Crippen LogP contribution in [0.2, 0.25) is 5.02 Å². The number of anilines is 1. The van der Waals surface area contributed by atoms with Gasteiger partial charge in [0, 0.05) is 29.3 Å². The maximum Gasteiger partial charge on any atom is 0.232 e. The van der Waals surface area contributed by atoms with Gasteiger partial charge in [-0.25, -0.2) is 4.98 Å². The predicted octanol–water partition coefficient (Wildman–Crippen LogP) is 5.11. The van der Waals surface area contributed by atoms with E-state index in [1.165, 1.54) is 11.3 Å². The number of aryl methyl sites for hydroxylation is 1. The normalized spacial score (nSPS) is 17.5. The largest absolute Gasteiger partial charge is 0.471 e. The van der Waals surface area contributed by atoms with Crippen LogP contribution in [0.4, 0.5) is 5.69 Å². The Morgan fingerprint density at radius 2 is 2.26 bits per heavy atom. The molecule has 122 valence electrons. The molecule has 1 atom stereocenters. The van der Waals surface area contributed by atoms with Gasteiger partial charge in [-0.1, -0.05) is 40.9 Å². The Balaban J connectivity index is 1.71. The highest BCUT2D eigenvalue weighted by atomic mass is 79.9. The lowest BCUT2D eigenvalue weighted by Crippen LogP contribution is -2.25. The summed E-state index contributed by atoms with van der Waals surface area (Å²) >= 11 is 9.71. The minimum Gasteiger partial charge on any atom is -0.471 e. The van der Waals surface area contributed by atoms with Crippen LogP contribution in [0.25, 0.3) is 0 Å². The maximum atomic E-state index is 6.13. The molecule has 0 unspecified atom stereocenters. The molecule has 5 heteroatoms. The molecule has 0 saturated carbocycles. The van der Waals surface area contributed by atoms with Crippen LogP contribution in [-0.2, 0) is 6.42 Å². The van der Waals surface area contributed by atoms with Gasteiger partial charge in [0.1, 0.15) is 11.1 Å². The third-order valence-electron chi connectivity index (χ3n) is 4.05. The zero-order valence-corrected chi connectivity index (χ0v) is 15.5.